The van der Waals surface area contributed by atoms with Crippen LogP contribution in [0, 0.1) is 3.57 Å². The van der Waals surface area contributed by atoms with Crippen molar-refractivity contribution in [2.24, 2.45) is 0 Å². The first-order chi connectivity index (χ1) is 8.54. The highest BCUT2D eigenvalue weighted by Gasteiger charge is 2.09. The molecule has 1 aromatic rings. The van der Waals surface area contributed by atoms with Crippen molar-refractivity contribution < 1.29 is 14.6 Å². The summed E-state index contributed by atoms with van der Waals surface area (Å²) in [6.45, 7) is 6.30. The first-order valence-electron chi connectivity index (χ1n) is 5.53. The van der Waals surface area contributed by atoms with Gasteiger partial charge in [-0.05, 0) is 47.7 Å². The summed E-state index contributed by atoms with van der Waals surface area (Å²) in [5, 5.41) is 12.3. The Balaban J connectivity index is 2.49. The normalized spacial score (nSPS) is 11.9. The van der Waals surface area contributed by atoms with Crippen LogP contribution in [0.4, 0.5) is 0 Å². The van der Waals surface area contributed by atoms with E-state index >= 15 is 0 Å². The molecule has 0 spiro atoms. The second-order valence-electron chi connectivity index (χ2n) is 3.81. The Bertz CT molecular complexity index is 434. The van der Waals surface area contributed by atoms with Crippen LogP contribution in [-0.2, 0) is 4.74 Å². The second kappa shape index (κ2) is 7.38. The molecule has 0 bridgehead atoms. The quantitative estimate of drug-likeness (QED) is 0.604. The number of amides is 1. The van der Waals surface area contributed by atoms with Crippen LogP contribution < -0.4 is 5.32 Å². The van der Waals surface area contributed by atoms with Crippen LogP contribution in [0.25, 0.3) is 0 Å². The third kappa shape index (κ3) is 4.66. The molecular weight excluding hydrogens is 345 g/mol. The Morgan fingerprint density at radius 2 is 2.39 bits per heavy atom. The molecule has 0 aliphatic heterocycles. The lowest BCUT2D eigenvalue weighted by Gasteiger charge is -2.12. The number of aromatic hydroxyl groups is 1. The van der Waals surface area contributed by atoms with Crippen LogP contribution in [0.5, 0.6) is 5.75 Å². The topological polar surface area (TPSA) is 58.6 Å². The number of phenols is 1. The molecule has 18 heavy (non-hydrogen) atoms. The van der Waals surface area contributed by atoms with E-state index in [1.165, 1.54) is 6.07 Å². The fraction of sp³-hybridized carbons (Fsp3) is 0.308. The number of ether oxygens (including phenoxy) is 1. The number of carbonyl (C=O) groups is 1. The van der Waals surface area contributed by atoms with Crippen molar-refractivity contribution >= 4 is 28.5 Å². The summed E-state index contributed by atoms with van der Waals surface area (Å²) >= 11 is 2.00. The molecule has 1 aromatic carbocycles. The predicted octanol–water partition coefficient (Wildman–Crippen LogP) is 2.32. The minimum Gasteiger partial charge on any atom is -0.507 e. The average Bonchev–Trinajstić information content (AvgIpc) is 2.36. The zero-order valence-corrected chi connectivity index (χ0v) is 12.3. The van der Waals surface area contributed by atoms with Crippen LogP contribution in [0.3, 0.4) is 0 Å². The van der Waals surface area contributed by atoms with Crippen molar-refractivity contribution in [3.05, 3.63) is 40.0 Å². The van der Waals surface area contributed by atoms with Gasteiger partial charge in [0.2, 0.25) is 0 Å². The third-order valence-corrected chi connectivity index (χ3v) is 3.17. The van der Waals surface area contributed by atoms with E-state index < -0.39 is 0 Å². The molecule has 0 aliphatic carbocycles. The van der Waals surface area contributed by atoms with Crippen molar-refractivity contribution in [3.63, 3.8) is 0 Å². The van der Waals surface area contributed by atoms with E-state index in [0.717, 1.165) is 0 Å². The maximum absolute atomic E-state index is 11.8. The van der Waals surface area contributed by atoms with Gasteiger partial charge in [-0.3, -0.25) is 4.79 Å². The van der Waals surface area contributed by atoms with E-state index in [4.69, 9.17) is 4.74 Å². The number of hydrogen-bond acceptors (Lipinski definition) is 3. The lowest BCUT2D eigenvalue weighted by atomic mass is 10.2. The van der Waals surface area contributed by atoms with E-state index in [9.17, 15) is 9.90 Å². The van der Waals surface area contributed by atoms with Gasteiger partial charge in [-0.15, -0.1) is 6.58 Å². The fourth-order valence-corrected chi connectivity index (χ4v) is 1.62. The monoisotopic (exact) mass is 361 g/mol. The zero-order chi connectivity index (χ0) is 13.5. The Hall–Kier alpha value is -1.08. The van der Waals surface area contributed by atoms with E-state index in [2.05, 4.69) is 11.9 Å². The Kier molecular flexibility index (Phi) is 6.14. The number of halogens is 1. The highest BCUT2D eigenvalue weighted by molar-refractivity contribution is 14.1. The number of carbonyl (C=O) groups excluding carboxylic acids is 1. The van der Waals surface area contributed by atoms with Crippen LogP contribution in [0.2, 0.25) is 0 Å². The number of rotatable bonds is 6. The van der Waals surface area contributed by atoms with Crippen molar-refractivity contribution in [3.8, 4) is 5.75 Å². The van der Waals surface area contributed by atoms with Crippen LogP contribution in [-0.4, -0.2) is 30.3 Å². The molecule has 1 unspecified atom stereocenters. The first kappa shape index (κ1) is 15.0. The lowest BCUT2D eigenvalue weighted by Crippen LogP contribution is -2.32. The van der Waals surface area contributed by atoms with Gasteiger partial charge in [-0.25, -0.2) is 0 Å². The van der Waals surface area contributed by atoms with E-state index in [-0.39, 0.29) is 17.8 Å². The zero-order valence-electron chi connectivity index (χ0n) is 10.1. The highest BCUT2D eigenvalue weighted by Crippen LogP contribution is 2.20. The van der Waals surface area contributed by atoms with Crippen LogP contribution in [0.15, 0.2) is 30.9 Å². The summed E-state index contributed by atoms with van der Waals surface area (Å²) in [7, 11) is 0. The van der Waals surface area contributed by atoms with Crippen LogP contribution >= 0.6 is 22.6 Å². The average molecular weight is 361 g/mol. The molecule has 1 rings (SSSR count). The number of benzene rings is 1. The van der Waals surface area contributed by atoms with Crippen molar-refractivity contribution in [1.82, 2.24) is 5.32 Å². The van der Waals surface area contributed by atoms with Crippen molar-refractivity contribution in [2.75, 3.05) is 13.2 Å². The molecule has 0 heterocycles. The van der Waals surface area contributed by atoms with E-state index in [0.29, 0.717) is 22.3 Å². The maximum atomic E-state index is 11.8. The number of phenolic OH excluding ortho intramolecular Hbond substituents is 1. The summed E-state index contributed by atoms with van der Waals surface area (Å²) in [6.07, 6.45) is 1.58. The molecule has 1 atom stereocenters. The van der Waals surface area contributed by atoms with Gasteiger partial charge >= 0.3 is 0 Å². The van der Waals surface area contributed by atoms with Gasteiger partial charge in [-0.2, -0.15) is 0 Å². The van der Waals surface area contributed by atoms with Gasteiger partial charge < -0.3 is 15.2 Å². The van der Waals surface area contributed by atoms with E-state index in [1.807, 2.05) is 29.5 Å². The van der Waals surface area contributed by atoms with Gasteiger partial charge in [0, 0.05) is 12.1 Å². The first-order valence-corrected chi connectivity index (χ1v) is 6.61. The molecule has 4 nitrogen and oxygen atoms in total. The van der Waals surface area contributed by atoms with Gasteiger partial charge in [-0.1, -0.05) is 6.08 Å². The molecule has 0 radical (unpaired) electrons. The van der Waals surface area contributed by atoms with Crippen molar-refractivity contribution in [1.29, 1.82) is 0 Å². The standard InChI is InChI=1S/C13H16INO3/c1-3-6-18-9(2)8-15-13(17)10-4-5-11(14)12(16)7-10/h3-5,7,9,16H,1,6,8H2,2H3,(H,15,17). The molecule has 0 saturated heterocycles. The molecule has 98 valence electrons. The summed E-state index contributed by atoms with van der Waals surface area (Å²) < 4.78 is 6.05. The molecular formula is C13H16INO3. The second-order valence-corrected chi connectivity index (χ2v) is 4.97. The Morgan fingerprint density at radius 3 is 3.00 bits per heavy atom. The molecule has 0 aromatic heterocycles. The smallest absolute Gasteiger partial charge is 0.251 e. The van der Waals surface area contributed by atoms with Crippen molar-refractivity contribution in [2.45, 2.75) is 13.0 Å². The van der Waals surface area contributed by atoms with Gasteiger partial charge in [0.25, 0.3) is 5.91 Å². The van der Waals surface area contributed by atoms with Gasteiger partial charge in [0.05, 0.1) is 16.3 Å². The lowest BCUT2D eigenvalue weighted by molar-refractivity contribution is 0.0769. The highest BCUT2D eigenvalue weighted by atomic mass is 127. The summed E-state index contributed by atoms with van der Waals surface area (Å²) in [6, 6.07) is 4.82. The molecule has 1 amide bonds. The maximum Gasteiger partial charge on any atom is 0.251 e. The number of hydrogen-bond donors (Lipinski definition) is 2. The number of nitrogens with one attached hydrogen (secondary N) is 1. The van der Waals surface area contributed by atoms with Crippen LogP contribution in [0.1, 0.15) is 17.3 Å². The Morgan fingerprint density at radius 1 is 1.67 bits per heavy atom. The van der Waals surface area contributed by atoms with E-state index in [1.54, 1.807) is 18.2 Å². The minimum atomic E-state index is -0.226. The molecule has 0 saturated carbocycles. The largest absolute Gasteiger partial charge is 0.507 e. The molecule has 2 N–H and O–H groups in total. The SMILES string of the molecule is C=CCOC(C)CNC(=O)c1ccc(I)c(O)c1. The summed E-state index contributed by atoms with van der Waals surface area (Å²) in [4.78, 5) is 11.8. The molecule has 0 fully saturated rings. The minimum absolute atomic E-state index is 0.0793. The van der Waals surface area contributed by atoms with Gasteiger partial charge in [0.1, 0.15) is 5.75 Å². The summed E-state index contributed by atoms with van der Waals surface area (Å²) in [5.41, 5.74) is 0.434. The predicted molar refractivity (Wildman–Crippen MR) is 78.8 cm³/mol. The molecule has 5 heteroatoms. The summed E-state index contributed by atoms with van der Waals surface area (Å²) in [5.74, 6) is -0.116. The fourth-order valence-electron chi connectivity index (χ4n) is 1.28. The molecule has 0 aliphatic rings. The van der Waals surface area contributed by atoms with Gasteiger partial charge in [0.15, 0.2) is 0 Å². The Labute approximate surface area is 120 Å². The third-order valence-electron chi connectivity index (χ3n) is 2.26.